The van der Waals surface area contributed by atoms with Crippen molar-refractivity contribution in [1.29, 1.82) is 0 Å². The van der Waals surface area contributed by atoms with Gasteiger partial charge in [-0.25, -0.2) is 0 Å². The Morgan fingerprint density at radius 1 is 1.10 bits per heavy atom. The number of piperazine rings is 1. The van der Waals surface area contributed by atoms with E-state index in [1.54, 1.807) is 13.3 Å². The van der Waals surface area contributed by atoms with Gasteiger partial charge in [0.15, 0.2) is 0 Å². The van der Waals surface area contributed by atoms with Gasteiger partial charge >= 0.3 is 0 Å². The predicted molar refractivity (Wildman–Crippen MR) is 118 cm³/mol. The number of pyridine rings is 1. The molecule has 0 radical (unpaired) electrons. The Morgan fingerprint density at radius 3 is 2.58 bits per heavy atom. The lowest BCUT2D eigenvalue weighted by atomic mass is 10.0. The number of methoxy groups -OCH3 is 1. The molecule has 2 aliphatic rings. The average Bonchev–Trinajstić information content (AvgIpc) is 3.15. The van der Waals surface area contributed by atoms with E-state index in [9.17, 15) is 10.2 Å². The molecule has 3 N–H and O–H groups in total. The van der Waals surface area contributed by atoms with Gasteiger partial charge in [0.25, 0.3) is 0 Å². The Balaban J connectivity index is 1.37. The molecule has 0 aliphatic carbocycles. The maximum absolute atomic E-state index is 10.9. The molecule has 2 saturated heterocycles. The number of para-hydroxylation sites is 2. The molecule has 2 fully saturated rings. The lowest BCUT2D eigenvalue weighted by Crippen LogP contribution is -2.57. The highest BCUT2D eigenvalue weighted by Crippen LogP contribution is 2.31. The largest absolute Gasteiger partial charge is 0.495 e. The Morgan fingerprint density at radius 2 is 1.87 bits per heavy atom. The Labute approximate surface area is 183 Å². The summed E-state index contributed by atoms with van der Waals surface area (Å²) in [5.41, 5.74) is 2.05. The van der Waals surface area contributed by atoms with E-state index >= 15 is 0 Å². The molecule has 0 saturated carbocycles. The van der Waals surface area contributed by atoms with Crippen LogP contribution in [0.25, 0.3) is 0 Å². The molecule has 4 atom stereocenters. The number of aliphatic hydroxyl groups is 2. The molecule has 8 heteroatoms. The van der Waals surface area contributed by atoms with E-state index in [4.69, 9.17) is 9.47 Å². The zero-order valence-electron chi connectivity index (χ0n) is 17.9. The highest BCUT2D eigenvalue weighted by atomic mass is 16.5. The van der Waals surface area contributed by atoms with Crippen molar-refractivity contribution in [3.05, 3.63) is 54.4 Å². The number of anilines is 1. The van der Waals surface area contributed by atoms with Crippen molar-refractivity contribution in [2.75, 3.05) is 51.3 Å². The second-order valence-corrected chi connectivity index (χ2v) is 8.02. The quantitative estimate of drug-likeness (QED) is 0.560. The number of nitrogens with one attached hydrogen (secondary N) is 1. The summed E-state index contributed by atoms with van der Waals surface area (Å²) >= 11 is 0. The molecular formula is C23H32N4O4. The van der Waals surface area contributed by atoms with Gasteiger partial charge in [-0.05, 0) is 24.3 Å². The molecule has 0 amide bonds. The fourth-order valence-corrected chi connectivity index (χ4v) is 4.59. The van der Waals surface area contributed by atoms with Gasteiger partial charge in [0.05, 0.1) is 37.2 Å². The van der Waals surface area contributed by atoms with E-state index in [0.29, 0.717) is 13.1 Å². The lowest BCUT2D eigenvalue weighted by Gasteiger charge is -2.41. The number of aromatic nitrogens is 1. The van der Waals surface area contributed by atoms with Crippen LogP contribution in [0.1, 0.15) is 5.69 Å². The standard InChI is InChI=1S/C23H32N4O4/c1-30-19-8-3-2-7-18(19)26-10-12-27(13-11-26)22-20(31-21(16-28)23(22)29)15-24-14-17-6-4-5-9-25-17/h2-9,20-24,28-29H,10-16H2,1H3/t20-,21+,22+,23-/m1/s1. The highest BCUT2D eigenvalue weighted by Gasteiger charge is 2.46. The van der Waals surface area contributed by atoms with Crippen LogP contribution in [-0.2, 0) is 11.3 Å². The maximum Gasteiger partial charge on any atom is 0.142 e. The van der Waals surface area contributed by atoms with Crippen LogP contribution in [0, 0.1) is 0 Å². The molecule has 8 nitrogen and oxygen atoms in total. The Bertz CT molecular complexity index is 816. The van der Waals surface area contributed by atoms with Gasteiger partial charge in [0.1, 0.15) is 18.0 Å². The number of benzene rings is 1. The van der Waals surface area contributed by atoms with Crippen LogP contribution >= 0.6 is 0 Å². The highest BCUT2D eigenvalue weighted by molar-refractivity contribution is 5.58. The number of ether oxygens (including phenoxy) is 2. The minimum Gasteiger partial charge on any atom is -0.495 e. The molecule has 3 heterocycles. The van der Waals surface area contributed by atoms with Gasteiger partial charge in [-0.15, -0.1) is 0 Å². The first kappa shape index (κ1) is 22.0. The van der Waals surface area contributed by atoms with Crippen molar-refractivity contribution in [2.24, 2.45) is 0 Å². The first-order valence-electron chi connectivity index (χ1n) is 10.9. The number of hydrogen-bond donors (Lipinski definition) is 3. The zero-order chi connectivity index (χ0) is 21.6. The van der Waals surface area contributed by atoms with Gasteiger partial charge < -0.3 is 29.9 Å². The summed E-state index contributed by atoms with van der Waals surface area (Å²) in [5, 5.41) is 23.9. The van der Waals surface area contributed by atoms with Crippen molar-refractivity contribution >= 4 is 5.69 Å². The van der Waals surface area contributed by atoms with Crippen LogP contribution < -0.4 is 15.0 Å². The average molecular weight is 429 g/mol. The minimum atomic E-state index is -0.718. The van der Waals surface area contributed by atoms with Gasteiger partial charge in [-0.3, -0.25) is 9.88 Å². The lowest BCUT2D eigenvalue weighted by molar-refractivity contribution is -0.0213. The molecule has 0 bridgehead atoms. The second-order valence-electron chi connectivity index (χ2n) is 8.02. The van der Waals surface area contributed by atoms with Crippen molar-refractivity contribution < 1.29 is 19.7 Å². The molecule has 4 rings (SSSR count). The van der Waals surface area contributed by atoms with Crippen LogP contribution in [0.3, 0.4) is 0 Å². The smallest absolute Gasteiger partial charge is 0.142 e. The van der Waals surface area contributed by atoms with Crippen LogP contribution in [0.2, 0.25) is 0 Å². The summed E-state index contributed by atoms with van der Waals surface area (Å²) < 4.78 is 11.5. The molecule has 0 unspecified atom stereocenters. The van der Waals surface area contributed by atoms with Crippen LogP contribution in [0.15, 0.2) is 48.7 Å². The summed E-state index contributed by atoms with van der Waals surface area (Å²) in [6.45, 7) is 4.31. The first-order chi connectivity index (χ1) is 15.2. The van der Waals surface area contributed by atoms with Gasteiger partial charge in [0.2, 0.25) is 0 Å². The summed E-state index contributed by atoms with van der Waals surface area (Å²) in [5.74, 6) is 0.872. The summed E-state index contributed by atoms with van der Waals surface area (Å²) in [4.78, 5) is 8.94. The van der Waals surface area contributed by atoms with E-state index in [1.807, 2.05) is 36.4 Å². The summed E-state index contributed by atoms with van der Waals surface area (Å²) in [6.07, 6.45) is 0.301. The summed E-state index contributed by atoms with van der Waals surface area (Å²) in [6, 6.07) is 13.7. The molecule has 1 aromatic carbocycles. The monoisotopic (exact) mass is 428 g/mol. The van der Waals surface area contributed by atoms with Gasteiger partial charge in [-0.2, -0.15) is 0 Å². The van der Waals surface area contributed by atoms with Gasteiger partial charge in [-0.1, -0.05) is 18.2 Å². The molecule has 1 aromatic heterocycles. The SMILES string of the molecule is COc1ccccc1N1CCN([C@@H]2[C@H](O)[C@H](CO)O[C@@H]2CNCc2ccccn2)CC1. The first-order valence-corrected chi connectivity index (χ1v) is 10.9. The fraction of sp³-hybridized carbons (Fsp3) is 0.522. The van der Waals surface area contributed by atoms with Crippen molar-refractivity contribution in [2.45, 2.75) is 30.9 Å². The molecule has 2 aromatic rings. The third-order valence-electron chi connectivity index (χ3n) is 6.18. The van der Waals surface area contributed by atoms with E-state index in [0.717, 1.165) is 43.3 Å². The van der Waals surface area contributed by atoms with Crippen LogP contribution in [0.5, 0.6) is 5.75 Å². The van der Waals surface area contributed by atoms with Crippen molar-refractivity contribution in [3.8, 4) is 5.75 Å². The zero-order valence-corrected chi connectivity index (χ0v) is 17.9. The van der Waals surface area contributed by atoms with Crippen molar-refractivity contribution in [1.82, 2.24) is 15.2 Å². The third-order valence-corrected chi connectivity index (χ3v) is 6.18. The number of nitrogens with zero attached hydrogens (tertiary/aromatic N) is 3. The van der Waals surface area contributed by atoms with E-state index in [1.165, 1.54) is 0 Å². The molecule has 168 valence electrons. The predicted octanol–water partition coefficient (Wildman–Crippen LogP) is 0.491. The van der Waals surface area contributed by atoms with Crippen LogP contribution in [0.4, 0.5) is 5.69 Å². The third kappa shape index (κ3) is 4.99. The van der Waals surface area contributed by atoms with E-state index < -0.39 is 12.2 Å². The second kappa shape index (κ2) is 10.4. The Kier molecular flexibility index (Phi) is 7.37. The Hall–Kier alpha value is -2.23. The maximum atomic E-state index is 10.9. The molecule has 0 spiro atoms. The molecule has 31 heavy (non-hydrogen) atoms. The van der Waals surface area contributed by atoms with E-state index in [-0.39, 0.29) is 18.8 Å². The number of rotatable bonds is 8. The molecule has 2 aliphatic heterocycles. The number of hydrogen-bond acceptors (Lipinski definition) is 8. The van der Waals surface area contributed by atoms with E-state index in [2.05, 4.69) is 26.2 Å². The number of aliphatic hydroxyl groups excluding tert-OH is 2. The molecular weight excluding hydrogens is 396 g/mol. The van der Waals surface area contributed by atoms with Crippen LogP contribution in [-0.4, -0.2) is 90.9 Å². The summed E-state index contributed by atoms with van der Waals surface area (Å²) in [7, 11) is 1.69. The normalized spacial score (nSPS) is 26.9. The van der Waals surface area contributed by atoms with Gasteiger partial charge in [0, 0.05) is 45.5 Å². The topological polar surface area (TPSA) is 90.3 Å². The van der Waals surface area contributed by atoms with Crippen molar-refractivity contribution in [3.63, 3.8) is 0 Å². The fourth-order valence-electron chi connectivity index (χ4n) is 4.59. The minimum absolute atomic E-state index is 0.159.